The number of ketones is 1. The second-order valence-electron chi connectivity index (χ2n) is 4.87. The fourth-order valence-corrected chi connectivity index (χ4v) is 1.73. The van der Waals surface area contributed by atoms with Crippen molar-refractivity contribution in [3.05, 3.63) is 48.2 Å². The molecule has 0 spiro atoms. The monoisotopic (exact) mass is 276 g/mol. The molecule has 1 rings (SSSR count). The minimum absolute atomic E-state index is 0.0702. The Morgan fingerprint density at radius 2 is 1.80 bits per heavy atom. The molecule has 1 unspecified atom stereocenters. The standard InChI is InChI=1S/C16H20O4/c1-5-19-16(18)20-12(4)10-15(17)14-8-6-13(7-9-14)11(2)3/h5-9,11-12H,1,10H2,2-4H3. The van der Waals surface area contributed by atoms with Crippen LogP contribution in [0.25, 0.3) is 0 Å². The van der Waals surface area contributed by atoms with E-state index in [-0.39, 0.29) is 12.2 Å². The minimum Gasteiger partial charge on any atom is -0.430 e. The van der Waals surface area contributed by atoms with Crippen molar-refractivity contribution < 1.29 is 19.1 Å². The molecule has 0 aliphatic heterocycles. The summed E-state index contributed by atoms with van der Waals surface area (Å²) in [4.78, 5) is 23.1. The van der Waals surface area contributed by atoms with E-state index in [9.17, 15) is 9.59 Å². The topological polar surface area (TPSA) is 52.6 Å². The van der Waals surface area contributed by atoms with E-state index < -0.39 is 12.3 Å². The van der Waals surface area contributed by atoms with Crippen LogP contribution in [0.2, 0.25) is 0 Å². The molecule has 0 aliphatic rings. The Labute approximate surface area is 119 Å². The van der Waals surface area contributed by atoms with Crippen molar-refractivity contribution >= 4 is 11.9 Å². The lowest BCUT2D eigenvalue weighted by Crippen LogP contribution is -2.18. The van der Waals surface area contributed by atoms with Gasteiger partial charge in [0.1, 0.15) is 6.10 Å². The molecular formula is C16H20O4. The maximum Gasteiger partial charge on any atom is 0.513 e. The molecule has 0 aromatic heterocycles. The molecule has 1 atom stereocenters. The molecule has 20 heavy (non-hydrogen) atoms. The van der Waals surface area contributed by atoms with Gasteiger partial charge in [0, 0.05) is 12.0 Å². The van der Waals surface area contributed by atoms with E-state index in [1.54, 1.807) is 19.1 Å². The number of rotatable bonds is 6. The summed E-state index contributed by atoms with van der Waals surface area (Å²) in [5.41, 5.74) is 1.79. The fraction of sp³-hybridized carbons (Fsp3) is 0.375. The molecule has 0 saturated carbocycles. The second-order valence-corrected chi connectivity index (χ2v) is 4.87. The Balaban J connectivity index is 2.57. The first kappa shape index (κ1) is 16.0. The van der Waals surface area contributed by atoms with Crippen LogP contribution in [0.5, 0.6) is 0 Å². The van der Waals surface area contributed by atoms with Gasteiger partial charge in [0.25, 0.3) is 0 Å². The summed E-state index contributed by atoms with van der Waals surface area (Å²) in [6, 6.07) is 7.48. The molecule has 1 aromatic carbocycles. The van der Waals surface area contributed by atoms with Crippen LogP contribution in [-0.4, -0.2) is 18.0 Å². The molecule has 0 saturated heterocycles. The Bertz CT molecular complexity index is 474. The lowest BCUT2D eigenvalue weighted by atomic mass is 9.99. The third kappa shape index (κ3) is 4.88. The van der Waals surface area contributed by atoms with Crippen LogP contribution in [0.4, 0.5) is 4.79 Å². The highest BCUT2D eigenvalue weighted by Crippen LogP contribution is 2.16. The number of hydrogen-bond acceptors (Lipinski definition) is 4. The van der Waals surface area contributed by atoms with Crippen LogP contribution in [0.1, 0.15) is 49.0 Å². The van der Waals surface area contributed by atoms with Crippen molar-refractivity contribution in [1.82, 2.24) is 0 Å². The smallest absolute Gasteiger partial charge is 0.430 e. The van der Waals surface area contributed by atoms with Crippen molar-refractivity contribution in [1.29, 1.82) is 0 Å². The van der Waals surface area contributed by atoms with Gasteiger partial charge in [0.2, 0.25) is 0 Å². The summed E-state index contributed by atoms with van der Waals surface area (Å²) in [6.07, 6.45) is -0.287. The van der Waals surface area contributed by atoms with Crippen LogP contribution in [0.3, 0.4) is 0 Å². The van der Waals surface area contributed by atoms with E-state index in [1.165, 1.54) is 5.56 Å². The van der Waals surface area contributed by atoms with Gasteiger partial charge in [-0.15, -0.1) is 0 Å². The highest BCUT2D eigenvalue weighted by Gasteiger charge is 2.15. The van der Waals surface area contributed by atoms with Crippen molar-refractivity contribution in [2.24, 2.45) is 0 Å². The van der Waals surface area contributed by atoms with E-state index >= 15 is 0 Å². The quantitative estimate of drug-likeness (QED) is 0.446. The molecule has 0 radical (unpaired) electrons. The molecule has 1 aromatic rings. The molecular weight excluding hydrogens is 256 g/mol. The maximum atomic E-state index is 12.0. The van der Waals surface area contributed by atoms with Crippen molar-refractivity contribution in [3.63, 3.8) is 0 Å². The zero-order chi connectivity index (χ0) is 15.1. The molecule has 0 bridgehead atoms. The summed E-state index contributed by atoms with van der Waals surface area (Å²) in [6.45, 7) is 9.08. The van der Waals surface area contributed by atoms with Gasteiger partial charge in [-0.3, -0.25) is 4.79 Å². The summed E-state index contributed by atoms with van der Waals surface area (Å²) in [7, 11) is 0. The van der Waals surface area contributed by atoms with Crippen LogP contribution in [0, 0.1) is 0 Å². The lowest BCUT2D eigenvalue weighted by Gasteiger charge is -2.11. The largest absolute Gasteiger partial charge is 0.513 e. The third-order valence-electron chi connectivity index (χ3n) is 2.85. The third-order valence-corrected chi connectivity index (χ3v) is 2.85. The van der Waals surface area contributed by atoms with Gasteiger partial charge in [-0.25, -0.2) is 4.79 Å². The van der Waals surface area contributed by atoms with Gasteiger partial charge in [0.15, 0.2) is 5.78 Å². The second kappa shape index (κ2) is 7.48. The van der Waals surface area contributed by atoms with Crippen LogP contribution < -0.4 is 0 Å². The minimum atomic E-state index is -0.851. The number of hydrogen-bond donors (Lipinski definition) is 0. The number of carbonyl (C=O) groups is 2. The first-order valence-corrected chi connectivity index (χ1v) is 6.55. The van der Waals surface area contributed by atoms with Gasteiger partial charge >= 0.3 is 6.16 Å². The first-order valence-electron chi connectivity index (χ1n) is 6.55. The van der Waals surface area contributed by atoms with Crippen LogP contribution >= 0.6 is 0 Å². The van der Waals surface area contributed by atoms with Crippen molar-refractivity contribution in [2.45, 2.75) is 39.2 Å². The van der Waals surface area contributed by atoms with Crippen molar-refractivity contribution in [3.8, 4) is 0 Å². The SMILES string of the molecule is C=COC(=O)OC(C)CC(=O)c1ccc(C(C)C)cc1. The molecule has 4 nitrogen and oxygen atoms in total. The molecule has 0 heterocycles. The summed E-state index contributed by atoms with van der Waals surface area (Å²) >= 11 is 0. The maximum absolute atomic E-state index is 12.0. The molecule has 0 amide bonds. The van der Waals surface area contributed by atoms with Gasteiger partial charge in [-0.2, -0.15) is 0 Å². The van der Waals surface area contributed by atoms with Gasteiger partial charge in [-0.1, -0.05) is 44.7 Å². The highest BCUT2D eigenvalue weighted by molar-refractivity contribution is 5.96. The molecule has 108 valence electrons. The Morgan fingerprint density at radius 3 is 2.30 bits per heavy atom. The lowest BCUT2D eigenvalue weighted by molar-refractivity contribution is 0.0487. The predicted molar refractivity (Wildman–Crippen MR) is 76.7 cm³/mol. The normalized spacial score (nSPS) is 11.8. The van der Waals surface area contributed by atoms with E-state index in [1.807, 2.05) is 12.1 Å². The summed E-state index contributed by atoms with van der Waals surface area (Å²) in [5.74, 6) is 0.356. The Kier molecular flexibility index (Phi) is 5.97. The predicted octanol–water partition coefficient (Wildman–Crippen LogP) is 4.07. The highest BCUT2D eigenvalue weighted by atomic mass is 16.7. The van der Waals surface area contributed by atoms with Gasteiger partial charge in [-0.05, 0) is 18.4 Å². The molecule has 0 fully saturated rings. The summed E-state index contributed by atoms with van der Waals surface area (Å²) < 4.78 is 9.32. The van der Waals surface area contributed by atoms with E-state index in [4.69, 9.17) is 4.74 Å². The van der Waals surface area contributed by atoms with Gasteiger partial charge < -0.3 is 9.47 Å². The van der Waals surface area contributed by atoms with Crippen molar-refractivity contribution in [2.75, 3.05) is 0 Å². The zero-order valence-corrected chi connectivity index (χ0v) is 12.1. The first-order chi connectivity index (χ1) is 9.43. The Hall–Kier alpha value is -2.10. The van der Waals surface area contributed by atoms with Gasteiger partial charge in [0.05, 0.1) is 6.26 Å². The van der Waals surface area contributed by atoms with E-state index in [0.717, 1.165) is 6.26 Å². The average Bonchev–Trinajstić information content (AvgIpc) is 2.38. The summed E-state index contributed by atoms with van der Waals surface area (Å²) in [5, 5.41) is 0. The molecule has 4 heteroatoms. The number of benzene rings is 1. The Morgan fingerprint density at radius 1 is 1.20 bits per heavy atom. The molecule has 0 N–H and O–H groups in total. The van der Waals surface area contributed by atoms with Crippen LogP contribution in [-0.2, 0) is 9.47 Å². The van der Waals surface area contributed by atoms with E-state index in [2.05, 4.69) is 25.2 Å². The fourth-order valence-electron chi connectivity index (χ4n) is 1.73. The number of carbonyl (C=O) groups excluding carboxylic acids is 2. The number of ether oxygens (including phenoxy) is 2. The van der Waals surface area contributed by atoms with E-state index in [0.29, 0.717) is 11.5 Å². The van der Waals surface area contributed by atoms with Crippen LogP contribution in [0.15, 0.2) is 37.1 Å². The zero-order valence-electron chi connectivity index (χ0n) is 12.1. The average molecular weight is 276 g/mol. The molecule has 0 aliphatic carbocycles. The number of Topliss-reactive ketones (excluding diaryl/α,β-unsaturated/α-hetero) is 1.